The van der Waals surface area contributed by atoms with Crippen molar-refractivity contribution in [1.29, 1.82) is 0 Å². The third-order valence-electron chi connectivity index (χ3n) is 6.77. The smallest absolute Gasteiger partial charge is 0.310 e. The second-order valence-electron chi connectivity index (χ2n) is 8.81. The van der Waals surface area contributed by atoms with Gasteiger partial charge < -0.3 is 44.8 Å². The third kappa shape index (κ3) is 8.92. The normalized spacial score (nSPS) is 18.6. The number of hydrogen-bond donors (Lipinski definition) is 6. The Hall–Kier alpha value is -3.30. The number of carboxylic acid groups (broad SMARTS) is 6. The standard InChI is InChI=1S/C23H36O15/c1-6-12(36-3)16(22(32)33)10(19(26)27)8-14(38-5)17(23(34)35)11(20(28)29)7-13(37-4)15(21(30)31)9(2)18(24)25/h9-17H,6-8H2,1-5H3,(H,24,25)(H,26,27)(H,28,29)(H,30,31)(H,32,33)(H,34,35). The van der Waals surface area contributed by atoms with Gasteiger partial charge in [0.15, 0.2) is 0 Å². The summed E-state index contributed by atoms with van der Waals surface area (Å²) >= 11 is 0. The zero-order chi connectivity index (χ0) is 29.9. The van der Waals surface area contributed by atoms with Gasteiger partial charge in [-0.25, -0.2) is 0 Å². The summed E-state index contributed by atoms with van der Waals surface area (Å²) in [6, 6.07) is 0. The van der Waals surface area contributed by atoms with Gasteiger partial charge in [0, 0.05) is 21.3 Å². The molecule has 0 amide bonds. The molecule has 0 rings (SSSR count). The summed E-state index contributed by atoms with van der Waals surface area (Å²) in [6.07, 6.45) is -5.73. The molecular formula is C23H36O15. The third-order valence-corrected chi connectivity index (χ3v) is 6.77. The van der Waals surface area contributed by atoms with Crippen molar-refractivity contribution in [2.75, 3.05) is 21.3 Å². The molecule has 15 nitrogen and oxygen atoms in total. The second-order valence-corrected chi connectivity index (χ2v) is 8.81. The van der Waals surface area contributed by atoms with E-state index in [0.717, 1.165) is 21.1 Å². The van der Waals surface area contributed by atoms with Gasteiger partial charge in [-0.05, 0) is 19.3 Å². The van der Waals surface area contributed by atoms with Crippen LogP contribution in [0, 0.1) is 35.5 Å². The zero-order valence-electron chi connectivity index (χ0n) is 21.7. The topological polar surface area (TPSA) is 251 Å². The Kier molecular flexibility index (Phi) is 14.5. The van der Waals surface area contributed by atoms with E-state index in [2.05, 4.69) is 0 Å². The molecule has 0 radical (unpaired) electrons. The van der Waals surface area contributed by atoms with E-state index in [0.29, 0.717) is 0 Å². The molecule has 0 aromatic rings. The summed E-state index contributed by atoms with van der Waals surface area (Å²) in [5, 5.41) is 58.2. The van der Waals surface area contributed by atoms with Crippen molar-refractivity contribution in [2.24, 2.45) is 35.5 Å². The van der Waals surface area contributed by atoms with Crippen LogP contribution in [0.4, 0.5) is 0 Å². The first-order valence-electron chi connectivity index (χ1n) is 11.6. The minimum atomic E-state index is -2.00. The van der Waals surface area contributed by atoms with Crippen molar-refractivity contribution in [3.8, 4) is 0 Å². The van der Waals surface area contributed by atoms with Crippen LogP contribution in [0.1, 0.15) is 33.1 Å². The van der Waals surface area contributed by atoms with Gasteiger partial charge in [0.1, 0.15) is 0 Å². The molecule has 0 fully saturated rings. The highest BCUT2D eigenvalue weighted by Gasteiger charge is 2.48. The number of ether oxygens (including phenoxy) is 3. The summed E-state index contributed by atoms with van der Waals surface area (Å²) in [6.45, 7) is 2.62. The number of carboxylic acids is 6. The second kappa shape index (κ2) is 15.8. The fourth-order valence-corrected chi connectivity index (χ4v) is 4.68. The van der Waals surface area contributed by atoms with Crippen LogP contribution in [0.2, 0.25) is 0 Å². The van der Waals surface area contributed by atoms with E-state index < -0.39 is 102 Å². The maximum absolute atomic E-state index is 12.3. The molecule has 218 valence electrons. The Morgan fingerprint density at radius 1 is 0.526 bits per heavy atom. The van der Waals surface area contributed by atoms with Crippen LogP contribution >= 0.6 is 0 Å². The van der Waals surface area contributed by atoms with Crippen LogP contribution in [0.5, 0.6) is 0 Å². The highest BCUT2D eigenvalue weighted by Crippen LogP contribution is 2.35. The molecule has 0 aliphatic carbocycles. The van der Waals surface area contributed by atoms with Crippen LogP contribution in [0.3, 0.4) is 0 Å². The molecule has 0 spiro atoms. The predicted molar refractivity (Wildman–Crippen MR) is 124 cm³/mol. The van der Waals surface area contributed by atoms with E-state index in [1.54, 1.807) is 6.92 Å². The number of hydrogen-bond acceptors (Lipinski definition) is 9. The highest BCUT2D eigenvalue weighted by atomic mass is 16.5. The molecule has 9 atom stereocenters. The first kappa shape index (κ1) is 34.7. The number of aliphatic carboxylic acids is 6. The number of methoxy groups -OCH3 is 3. The van der Waals surface area contributed by atoms with Crippen molar-refractivity contribution in [2.45, 2.75) is 51.4 Å². The Labute approximate surface area is 218 Å². The molecule has 0 bridgehead atoms. The lowest BCUT2D eigenvalue weighted by Gasteiger charge is -2.34. The van der Waals surface area contributed by atoms with E-state index in [1.165, 1.54) is 7.11 Å². The minimum Gasteiger partial charge on any atom is -0.481 e. The van der Waals surface area contributed by atoms with Crippen molar-refractivity contribution < 1.29 is 73.6 Å². The Morgan fingerprint density at radius 3 is 1.08 bits per heavy atom. The maximum atomic E-state index is 12.3. The molecular weight excluding hydrogens is 516 g/mol. The quantitative estimate of drug-likeness (QED) is 0.120. The SMILES string of the molecule is CCC(OC)C(C(=O)O)C(CC(OC)C(C(=O)O)C(CC(OC)C(C(=O)O)C(C)C(=O)O)C(=O)O)C(=O)O. The van der Waals surface area contributed by atoms with E-state index in [9.17, 15) is 59.4 Å². The van der Waals surface area contributed by atoms with Gasteiger partial charge in [-0.15, -0.1) is 0 Å². The predicted octanol–water partition coefficient (Wildman–Crippen LogP) is 0.446. The van der Waals surface area contributed by atoms with Gasteiger partial charge in [-0.2, -0.15) is 0 Å². The summed E-state index contributed by atoms with van der Waals surface area (Å²) in [7, 11) is 3.17. The van der Waals surface area contributed by atoms with E-state index >= 15 is 0 Å². The lowest BCUT2D eigenvalue weighted by atomic mass is 9.74. The van der Waals surface area contributed by atoms with Gasteiger partial charge in [-0.1, -0.05) is 13.8 Å². The zero-order valence-corrected chi connectivity index (χ0v) is 21.7. The monoisotopic (exact) mass is 552 g/mol. The fraction of sp³-hybridized carbons (Fsp3) is 0.739. The van der Waals surface area contributed by atoms with Crippen LogP contribution in [0.15, 0.2) is 0 Å². The largest absolute Gasteiger partial charge is 0.481 e. The first-order valence-corrected chi connectivity index (χ1v) is 11.6. The van der Waals surface area contributed by atoms with Crippen LogP contribution in [-0.4, -0.2) is 106 Å². The molecule has 15 heteroatoms. The van der Waals surface area contributed by atoms with E-state index in [4.69, 9.17) is 14.2 Å². The summed E-state index contributed by atoms with van der Waals surface area (Å²) in [4.78, 5) is 71.7. The van der Waals surface area contributed by atoms with Crippen LogP contribution in [-0.2, 0) is 43.0 Å². The molecule has 0 aromatic heterocycles. The average Bonchev–Trinajstić information content (AvgIpc) is 2.82. The lowest BCUT2D eigenvalue weighted by molar-refractivity contribution is -0.169. The molecule has 0 heterocycles. The summed E-state index contributed by atoms with van der Waals surface area (Å²) in [5.74, 6) is -20.4. The Balaban J connectivity index is 6.57. The van der Waals surface area contributed by atoms with E-state index in [-0.39, 0.29) is 6.42 Å². The maximum Gasteiger partial charge on any atom is 0.310 e. The number of rotatable bonds is 20. The Bertz CT molecular complexity index is 852. The van der Waals surface area contributed by atoms with Crippen molar-refractivity contribution in [3.05, 3.63) is 0 Å². The minimum absolute atomic E-state index is 0.100. The average molecular weight is 553 g/mol. The van der Waals surface area contributed by atoms with Crippen LogP contribution < -0.4 is 0 Å². The number of carbonyl (C=O) groups is 6. The molecule has 38 heavy (non-hydrogen) atoms. The molecule has 0 aliphatic heterocycles. The van der Waals surface area contributed by atoms with Gasteiger partial charge in [0.2, 0.25) is 0 Å². The van der Waals surface area contributed by atoms with Gasteiger partial charge >= 0.3 is 35.8 Å². The van der Waals surface area contributed by atoms with E-state index in [1.807, 2.05) is 0 Å². The van der Waals surface area contributed by atoms with Gasteiger partial charge in [0.25, 0.3) is 0 Å². The van der Waals surface area contributed by atoms with Crippen molar-refractivity contribution in [3.63, 3.8) is 0 Å². The summed E-state index contributed by atoms with van der Waals surface area (Å²) < 4.78 is 15.4. The molecule has 0 aromatic carbocycles. The first-order chi connectivity index (χ1) is 17.6. The molecule has 6 N–H and O–H groups in total. The van der Waals surface area contributed by atoms with Crippen LogP contribution in [0.25, 0.3) is 0 Å². The summed E-state index contributed by atoms with van der Waals surface area (Å²) in [5.41, 5.74) is 0. The van der Waals surface area contributed by atoms with Crippen molar-refractivity contribution >= 4 is 35.8 Å². The fourth-order valence-electron chi connectivity index (χ4n) is 4.68. The molecule has 0 saturated heterocycles. The lowest BCUT2D eigenvalue weighted by Crippen LogP contribution is -2.47. The molecule has 9 unspecified atom stereocenters. The highest BCUT2D eigenvalue weighted by molar-refractivity contribution is 5.83. The molecule has 0 saturated carbocycles. The van der Waals surface area contributed by atoms with Gasteiger partial charge in [-0.3, -0.25) is 28.8 Å². The van der Waals surface area contributed by atoms with Gasteiger partial charge in [0.05, 0.1) is 53.8 Å². The van der Waals surface area contributed by atoms with Crippen molar-refractivity contribution in [1.82, 2.24) is 0 Å². The molecule has 0 aliphatic rings. The Morgan fingerprint density at radius 2 is 0.842 bits per heavy atom.